The molecule has 2 nitrogen and oxygen atoms in total. The average Bonchev–Trinajstić information content (AvgIpc) is 2.95. The SMILES string of the molecule is CC(NC1CCN(C(C)C)CC1)c1ccc2c(c1)CCC2. The maximum atomic E-state index is 3.86. The van der Waals surface area contributed by atoms with Crippen molar-refractivity contribution in [2.24, 2.45) is 0 Å². The van der Waals surface area contributed by atoms with Crippen LogP contribution < -0.4 is 5.32 Å². The van der Waals surface area contributed by atoms with Crippen LogP contribution in [0.25, 0.3) is 0 Å². The van der Waals surface area contributed by atoms with Gasteiger partial charge >= 0.3 is 0 Å². The van der Waals surface area contributed by atoms with Gasteiger partial charge in [0, 0.05) is 18.1 Å². The standard InChI is InChI=1S/C19H30N2/c1-14(2)21-11-9-19(10-12-21)20-15(3)17-8-7-16-5-4-6-18(16)13-17/h7-8,13-15,19-20H,4-6,9-12H2,1-3H3. The Morgan fingerprint density at radius 2 is 1.76 bits per heavy atom. The molecule has 0 saturated carbocycles. The molecule has 1 N–H and O–H groups in total. The largest absolute Gasteiger partial charge is 0.307 e. The van der Waals surface area contributed by atoms with Gasteiger partial charge in [-0.25, -0.2) is 0 Å². The lowest BCUT2D eigenvalue weighted by atomic mass is 9.98. The summed E-state index contributed by atoms with van der Waals surface area (Å²) < 4.78 is 0. The molecule has 0 spiro atoms. The number of nitrogens with zero attached hydrogens (tertiary/aromatic N) is 1. The number of rotatable bonds is 4. The van der Waals surface area contributed by atoms with Crippen molar-refractivity contribution in [3.63, 3.8) is 0 Å². The maximum Gasteiger partial charge on any atom is 0.0294 e. The van der Waals surface area contributed by atoms with Crippen molar-refractivity contribution in [1.29, 1.82) is 0 Å². The summed E-state index contributed by atoms with van der Waals surface area (Å²) in [5.74, 6) is 0. The topological polar surface area (TPSA) is 15.3 Å². The Kier molecular flexibility index (Phi) is 4.66. The first-order chi connectivity index (χ1) is 10.1. The molecule has 2 aliphatic rings. The number of hydrogen-bond donors (Lipinski definition) is 1. The fourth-order valence-corrected chi connectivity index (χ4v) is 3.89. The molecule has 0 radical (unpaired) electrons. The highest BCUT2D eigenvalue weighted by molar-refractivity contribution is 5.36. The Morgan fingerprint density at radius 3 is 2.48 bits per heavy atom. The van der Waals surface area contributed by atoms with Crippen molar-refractivity contribution >= 4 is 0 Å². The number of benzene rings is 1. The summed E-state index contributed by atoms with van der Waals surface area (Å²) in [7, 11) is 0. The van der Waals surface area contributed by atoms with Crippen molar-refractivity contribution in [1.82, 2.24) is 10.2 Å². The first-order valence-electron chi connectivity index (χ1n) is 8.75. The lowest BCUT2D eigenvalue weighted by Gasteiger charge is -2.36. The van der Waals surface area contributed by atoms with Crippen LogP contribution in [0, 0.1) is 0 Å². The third-order valence-electron chi connectivity index (χ3n) is 5.37. The molecule has 1 aliphatic carbocycles. The highest BCUT2D eigenvalue weighted by Crippen LogP contribution is 2.26. The summed E-state index contributed by atoms with van der Waals surface area (Å²) in [5, 5.41) is 3.86. The average molecular weight is 286 g/mol. The van der Waals surface area contributed by atoms with Crippen molar-refractivity contribution < 1.29 is 0 Å². The van der Waals surface area contributed by atoms with Gasteiger partial charge in [0.1, 0.15) is 0 Å². The Bertz CT molecular complexity index is 472. The molecule has 1 aromatic rings. The lowest BCUT2D eigenvalue weighted by Crippen LogP contribution is -2.45. The predicted molar refractivity (Wildman–Crippen MR) is 89.7 cm³/mol. The molecule has 1 atom stereocenters. The smallest absolute Gasteiger partial charge is 0.0294 e. The quantitative estimate of drug-likeness (QED) is 0.908. The van der Waals surface area contributed by atoms with E-state index in [2.05, 4.69) is 49.2 Å². The second kappa shape index (κ2) is 6.50. The lowest BCUT2D eigenvalue weighted by molar-refractivity contribution is 0.157. The number of aryl methyl sites for hydroxylation is 2. The Hall–Kier alpha value is -0.860. The Labute approximate surface area is 129 Å². The summed E-state index contributed by atoms with van der Waals surface area (Å²) in [5.41, 5.74) is 4.65. The van der Waals surface area contributed by atoms with E-state index < -0.39 is 0 Å². The molecule has 1 fully saturated rings. The molecular weight excluding hydrogens is 256 g/mol. The van der Waals surface area contributed by atoms with Crippen LogP contribution >= 0.6 is 0 Å². The highest BCUT2D eigenvalue weighted by Gasteiger charge is 2.22. The molecule has 116 valence electrons. The minimum absolute atomic E-state index is 0.478. The van der Waals surface area contributed by atoms with E-state index in [0.717, 1.165) is 0 Å². The van der Waals surface area contributed by atoms with Gasteiger partial charge in [-0.3, -0.25) is 0 Å². The van der Waals surface area contributed by atoms with Gasteiger partial charge < -0.3 is 10.2 Å². The van der Waals surface area contributed by atoms with Gasteiger partial charge in [-0.15, -0.1) is 0 Å². The summed E-state index contributed by atoms with van der Waals surface area (Å²) in [4.78, 5) is 2.60. The fourth-order valence-electron chi connectivity index (χ4n) is 3.89. The zero-order valence-electron chi connectivity index (χ0n) is 13.9. The van der Waals surface area contributed by atoms with Crippen LogP contribution in [0.5, 0.6) is 0 Å². The molecule has 1 heterocycles. The van der Waals surface area contributed by atoms with Gasteiger partial charge in [-0.2, -0.15) is 0 Å². The molecule has 0 aromatic heterocycles. The van der Waals surface area contributed by atoms with Gasteiger partial charge in [-0.1, -0.05) is 18.2 Å². The fraction of sp³-hybridized carbons (Fsp3) is 0.684. The van der Waals surface area contributed by atoms with Crippen LogP contribution in [0.4, 0.5) is 0 Å². The van der Waals surface area contributed by atoms with Crippen LogP contribution in [0.15, 0.2) is 18.2 Å². The van der Waals surface area contributed by atoms with Crippen molar-refractivity contribution in [3.8, 4) is 0 Å². The van der Waals surface area contributed by atoms with E-state index in [1.54, 1.807) is 11.1 Å². The minimum Gasteiger partial charge on any atom is -0.307 e. The van der Waals surface area contributed by atoms with Gasteiger partial charge in [-0.05, 0) is 82.7 Å². The van der Waals surface area contributed by atoms with E-state index in [1.807, 2.05) is 0 Å². The minimum atomic E-state index is 0.478. The van der Waals surface area contributed by atoms with Crippen LogP contribution in [0.3, 0.4) is 0 Å². The molecule has 2 heteroatoms. The third-order valence-corrected chi connectivity index (χ3v) is 5.37. The van der Waals surface area contributed by atoms with E-state index in [1.165, 1.54) is 50.8 Å². The monoisotopic (exact) mass is 286 g/mol. The van der Waals surface area contributed by atoms with Gasteiger partial charge in [0.15, 0.2) is 0 Å². The van der Waals surface area contributed by atoms with Crippen LogP contribution in [-0.2, 0) is 12.8 Å². The normalized spacial score (nSPS) is 21.7. The summed E-state index contributed by atoms with van der Waals surface area (Å²) >= 11 is 0. The molecular formula is C19H30N2. The summed E-state index contributed by atoms with van der Waals surface area (Å²) in [6, 6.07) is 9.00. The van der Waals surface area contributed by atoms with Crippen LogP contribution in [-0.4, -0.2) is 30.1 Å². The Balaban J connectivity index is 1.56. The molecule has 0 amide bonds. The van der Waals surface area contributed by atoms with E-state index in [-0.39, 0.29) is 0 Å². The van der Waals surface area contributed by atoms with Crippen molar-refractivity contribution in [3.05, 3.63) is 34.9 Å². The number of nitrogens with one attached hydrogen (secondary N) is 1. The first kappa shape index (κ1) is 15.1. The predicted octanol–water partition coefficient (Wildman–Crippen LogP) is 3.70. The zero-order valence-corrected chi connectivity index (χ0v) is 13.9. The molecule has 1 saturated heterocycles. The highest BCUT2D eigenvalue weighted by atomic mass is 15.2. The van der Waals surface area contributed by atoms with Crippen molar-refractivity contribution in [2.75, 3.05) is 13.1 Å². The number of fused-ring (bicyclic) bond motifs is 1. The maximum absolute atomic E-state index is 3.86. The van der Waals surface area contributed by atoms with Gasteiger partial charge in [0.25, 0.3) is 0 Å². The molecule has 1 aliphatic heterocycles. The van der Waals surface area contributed by atoms with Gasteiger partial charge in [0.05, 0.1) is 0 Å². The van der Waals surface area contributed by atoms with Crippen molar-refractivity contribution in [2.45, 2.75) is 71.0 Å². The second-order valence-corrected chi connectivity index (χ2v) is 7.17. The first-order valence-corrected chi connectivity index (χ1v) is 8.75. The zero-order chi connectivity index (χ0) is 14.8. The molecule has 0 bridgehead atoms. The second-order valence-electron chi connectivity index (χ2n) is 7.17. The number of hydrogen-bond acceptors (Lipinski definition) is 2. The van der Waals surface area contributed by atoms with E-state index in [4.69, 9.17) is 0 Å². The van der Waals surface area contributed by atoms with Crippen LogP contribution in [0.2, 0.25) is 0 Å². The van der Waals surface area contributed by atoms with Crippen LogP contribution in [0.1, 0.15) is 62.8 Å². The number of likely N-dealkylation sites (tertiary alicyclic amines) is 1. The van der Waals surface area contributed by atoms with E-state index in [0.29, 0.717) is 18.1 Å². The van der Waals surface area contributed by atoms with E-state index in [9.17, 15) is 0 Å². The molecule has 21 heavy (non-hydrogen) atoms. The molecule has 1 aromatic carbocycles. The Morgan fingerprint density at radius 1 is 1.05 bits per heavy atom. The number of piperidine rings is 1. The third kappa shape index (κ3) is 3.49. The molecule has 3 rings (SSSR count). The molecule has 1 unspecified atom stereocenters. The summed E-state index contributed by atoms with van der Waals surface area (Å²) in [6.07, 6.45) is 6.48. The summed E-state index contributed by atoms with van der Waals surface area (Å²) in [6.45, 7) is 9.42. The van der Waals surface area contributed by atoms with E-state index >= 15 is 0 Å². The van der Waals surface area contributed by atoms with Gasteiger partial charge in [0.2, 0.25) is 0 Å².